The summed E-state index contributed by atoms with van der Waals surface area (Å²) >= 11 is 0. The Kier molecular flexibility index (Phi) is 4.20. The first-order chi connectivity index (χ1) is 11.0. The molecular weight excluding hydrogens is 316 g/mol. The van der Waals surface area contributed by atoms with E-state index in [2.05, 4.69) is 14.7 Å². The molecule has 0 fully saturated rings. The van der Waals surface area contributed by atoms with Crippen LogP contribution in [0.25, 0.3) is 10.9 Å². The lowest BCUT2D eigenvalue weighted by atomic mass is 10.1. The number of fused-ring (bicyclic) bond motifs is 1. The van der Waals surface area contributed by atoms with Crippen molar-refractivity contribution in [2.45, 2.75) is 17.5 Å². The summed E-state index contributed by atoms with van der Waals surface area (Å²) in [5.41, 5.74) is 1.93. The standard InChI is InChI=1S/C15H18N4O3S/c1-19-8-15(17-10-19)23(21,22)18-12(9-20)6-11-7-16-14-5-3-2-4-13(11)14/h2-5,7-8,10,12,16,18,20H,6,9H2,1H3/t12-/m0/s1. The van der Waals surface area contributed by atoms with E-state index in [4.69, 9.17) is 0 Å². The van der Waals surface area contributed by atoms with Crippen molar-refractivity contribution in [3.63, 3.8) is 0 Å². The van der Waals surface area contributed by atoms with Gasteiger partial charge in [0.25, 0.3) is 10.0 Å². The van der Waals surface area contributed by atoms with E-state index in [0.717, 1.165) is 16.5 Å². The zero-order valence-electron chi connectivity index (χ0n) is 12.6. The molecule has 8 heteroatoms. The van der Waals surface area contributed by atoms with Crippen LogP contribution in [0.2, 0.25) is 0 Å². The first-order valence-electron chi connectivity index (χ1n) is 7.16. The zero-order valence-corrected chi connectivity index (χ0v) is 13.4. The third-order valence-corrected chi connectivity index (χ3v) is 5.05. The van der Waals surface area contributed by atoms with Gasteiger partial charge in [0.2, 0.25) is 0 Å². The Hall–Kier alpha value is -2.16. The van der Waals surface area contributed by atoms with Crippen molar-refractivity contribution < 1.29 is 13.5 Å². The summed E-state index contributed by atoms with van der Waals surface area (Å²) in [5, 5.41) is 10.5. The highest BCUT2D eigenvalue weighted by Crippen LogP contribution is 2.19. The Balaban J connectivity index is 1.80. The van der Waals surface area contributed by atoms with E-state index < -0.39 is 16.1 Å². The third kappa shape index (κ3) is 3.29. The van der Waals surface area contributed by atoms with Crippen LogP contribution >= 0.6 is 0 Å². The molecule has 2 aromatic heterocycles. The fourth-order valence-corrected chi connectivity index (χ4v) is 3.73. The minimum Gasteiger partial charge on any atom is -0.395 e. The van der Waals surface area contributed by atoms with Gasteiger partial charge in [0.15, 0.2) is 5.03 Å². The molecular formula is C15H18N4O3S. The summed E-state index contributed by atoms with van der Waals surface area (Å²) in [4.78, 5) is 6.99. The number of hydrogen-bond donors (Lipinski definition) is 3. The van der Waals surface area contributed by atoms with E-state index in [1.54, 1.807) is 11.6 Å². The van der Waals surface area contributed by atoms with Crippen LogP contribution in [-0.2, 0) is 23.5 Å². The lowest BCUT2D eigenvalue weighted by Crippen LogP contribution is -2.39. The van der Waals surface area contributed by atoms with E-state index in [9.17, 15) is 13.5 Å². The molecule has 0 radical (unpaired) electrons. The van der Waals surface area contributed by atoms with Crippen molar-refractivity contribution in [1.82, 2.24) is 19.3 Å². The van der Waals surface area contributed by atoms with Gasteiger partial charge in [-0.1, -0.05) is 18.2 Å². The van der Waals surface area contributed by atoms with Gasteiger partial charge in [-0.2, -0.15) is 0 Å². The maximum atomic E-state index is 12.3. The van der Waals surface area contributed by atoms with Gasteiger partial charge in [0.05, 0.1) is 12.9 Å². The second-order valence-corrected chi connectivity index (χ2v) is 7.10. The quantitative estimate of drug-likeness (QED) is 0.620. The molecule has 3 N–H and O–H groups in total. The second-order valence-electron chi connectivity index (χ2n) is 5.44. The number of aromatic nitrogens is 3. The van der Waals surface area contributed by atoms with Crippen LogP contribution in [0.1, 0.15) is 5.56 Å². The molecule has 0 amide bonds. The highest BCUT2D eigenvalue weighted by molar-refractivity contribution is 7.89. The van der Waals surface area contributed by atoms with Crippen molar-refractivity contribution in [2.75, 3.05) is 6.61 Å². The number of para-hydroxylation sites is 1. The van der Waals surface area contributed by atoms with Gasteiger partial charge in [-0.05, 0) is 18.1 Å². The number of benzene rings is 1. The number of H-pyrrole nitrogens is 1. The summed E-state index contributed by atoms with van der Waals surface area (Å²) < 4.78 is 28.7. The highest BCUT2D eigenvalue weighted by Gasteiger charge is 2.22. The largest absolute Gasteiger partial charge is 0.395 e. The number of sulfonamides is 1. The first-order valence-corrected chi connectivity index (χ1v) is 8.64. The van der Waals surface area contributed by atoms with E-state index >= 15 is 0 Å². The molecule has 0 bridgehead atoms. The molecule has 0 aliphatic heterocycles. The number of aliphatic hydroxyl groups excluding tert-OH is 1. The number of rotatable bonds is 6. The summed E-state index contributed by atoms with van der Waals surface area (Å²) in [5.74, 6) is 0. The Labute approximate surface area is 134 Å². The van der Waals surface area contributed by atoms with Crippen LogP contribution in [0.3, 0.4) is 0 Å². The molecule has 122 valence electrons. The predicted octanol–water partition coefficient (Wildman–Crippen LogP) is 0.783. The Bertz CT molecular complexity index is 914. The smallest absolute Gasteiger partial charge is 0.259 e. The molecule has 23 heavy (non-hydrogen) atoms. The molecule has 0 aliphatic carbocycles. The normalized spacial score (nSPS) is 13.5. The van der Waals surface area contributed by atoms with Crippen molar-refractivity contribution in [3.05, 3.63) is 48.5 Å². The molecule has 0 saturated carbocycles. The van der Waals surface area contributed by atoms with Gasteiger partial charge in [-0.25, -0.2) is 18.1 Å². The molecule has 3 rings (SSSR count). The Morgan fingerprint density at radius 3 is 2.87 bits per heavy atom. The number of hydrogen-bond acceptors (Lipinski definition) is 4. The Morgan fingerprint density at radius 2 is 2.17 bits per heavy atom. The van der Waals surface area contributed by atoms with Crippen LogP contribution < -0.4 is 4.72 Å². The lowest BCUT2D eigenvalue weighted by Gasteiger charge is -2.15. The number of aromatic amines is 1. The SMILES string of the molecule is Cn1cnc(S(=O)(=O)N[C@H](CO)Cc2c[nH]c3ccccc23)c1. The van der Waals surface area contributed by atoms with Crippen molar-refractivity contribution >= 4 is 20.9 Å². The zero-order chi connectivity index (χ0) is 16.4. The molecule has 2 heterocycles. The third-order valence-electron chi connectivity index (χ3n) is 3.64. The first kappa shape index (κ1) is 15.7. The van der Waals surface area contributed by atoms with E-state index in [1.165, 1.54) is 12.5 Å². The van der Waals surface area contributed by atoms with E-state index in [1.807, 2.05) is 30.5 Å². The van der Waals surface area contributed by atoms with Gasteiger partial charge >= 0.3 is 0 Å². The van der Waals surface area contributed by atoms with E-state index in [0.29, 0.717) is 6.42 Å². The molecule has 3 aromatic rings. The van der Waals surface area contributed by atoms with Gasteiger partial charge in [0, 0.05) is 36.4 Å². The molecule has 1 aromatic carbocycles. The topological polar surface area (TPSA) is 100 Å². The minimum atomic E-state index is -3.76. The van der Waals surface area contributed by atoms with Crippen LogP contribution in [0.15, 0.2) is 48.0 Å². The molecule has 7 nitrogen and oxygen atoms in total. The molecule has 0 saturated heterocycles. The summed E-state index contributed by atoms with van der Waals surface area (Å²) in [7, 11) is -2.06. The Morgan fingerprint density at radius 1 is 1.39 bits per heavy atom. The fourth-order valence-electron chi connectivity index (χ4n) is 2.52. The van der Waals surface area contributed by atoms with Gasteiger partial charge in [-0.3, -0.25) is 0 Å². The highest BCUT2D eigenvalue weighted by atomic mass is 32.2. The summed E-state index contributed by atoms with van der Waals surface area (Å²) in [6.45, 7) is -0.300. The second kappa shape index (κ2) is 6.15. The average Bonchev–Trinajstić information content (AvgIpc) is 3.14. The van der Waals surface area contributed by atoms with Gasteiger partial charge in [-0.15, -0.1) is 0 Å². The summed E-state index contributed by atoms with van der Waals surface area (Å²) in [6, 6.07) is 7.14. The minimum absolute atomic E-state index is 0.0580. The average molecular weight is 334 g/mol. The lowest BCUT2D eigenvalue weighted by molar-refractivity contribution is 0.256. The molecule has 0 aliphatic rings. The van der Waals surface area contributed by atoms with Crippen molar-refractivity contribution in [1.29, 1.82) is 0 Å². The molecule has 1 atom stereocenters. The van der Waals surface area contributed by atoms with Crippen LogP contribution in [0.4, 0.5) is 0 Å². The number of aliphatic hydroxyl groups is 1. The molecule has 0 spiro atoms. The predicted molar refractivity (Wildman–Crippen MR) is 86.4 cm³/mol. The van der Waals surface area contributed by atoms with Crippen LogP contribution in [0.5, 0.6) is 0 Å². The number of imidazole rings is 1. The molecule has 0 unspecified atom stereocenters. The maximum Gasteiger partial charge on any atom is 0.259 e. The van der Waals surface area contributed by atoms with Crippen LogP contribution in [0, 0.1) is 0 Å². The van der Waals surface area contributed by atoms with Crippen LogP contribution in [-0.4, -0.2) is 40.7 Å². The van der Waals surface area contributed by atoms with Crippen molar-refractivity contribution in [3.8, 4) is 0 Å². The number of nitrogens with zero attached hydrogens (tertiary/aromatic N) is 2. The monoisotopic (exact) mass is 334 g/mol. The number of aryl methyl sites for hydroxylation is 1. The summed E-state index contributed by atoms with van der Waals surface area (Å²) in [6.07, 6.45) is 5.06. The fraction of sp³-hybridized carbons (Fsp3) is 0.267. The van der Waals surface area contributed by atoms with E-state index in [-0.39, 0.29) is 11.6 Å². The van der Waals surface area contributed by atoms with Gasteiger partial charge < -0.3 is 14.7 Å². The maximum absolute atomic E-state index is 12.3. The number of nitrogens with one attached hydrogen (secondary N) is 2. The van der Waals surface area contributed by atoms with Crippen molar-refractivity contribution in [2.24, 2.45) is 7.05 Å². The van der Waals surface area contributed by atoms with Gasteiger partial charge in [0.1, 0.15) is 0 Å².